The van der Waals surface area contributed by atoms with Gasteiger partial charge in [-0.15, -0.1) is 0 Å². The minimum Gasteiger partial charge on any atom is -0.376 e. The van der Waals surface area contributed by atoms with E-state index in [1.165, 1.54) is 111 Å². The lowest BCUT2D eigenvalue weighted by atomic mass is 9.43. The molecule has 3 aliphatic rings. The zero-order valence-corrected chi connectivity index (χ0v) is 33.5. The number of rotatable bonds is 1. The molecule has 7 aromatic carbocycles. The molecule has 0 fully saturated rings. The van der Waals surface area contributed by atoms with Gasteiger partial charge in [-0.25, -0.2) is 0 Å². The Morgan fingerprint density at radius 2 is 1.24 bits per heavy atom. The zero-order valence-electron chi connectivity index (χ0n) is 33.5. The van der Waals surface area contributed by atoms with Gasteiger partial charge in [0.2, 0.25) is 0 Å². The van der Waals surface area contributed by atoms with Crippen LogP contribution in [0.2, 0.25) is 0 Å². The number of aromatic nitrogens is 1. The van der Waals surface area contributed by atoms with E-state index < -0.39 is 0 Å². The van der Waals surface area contributed by atoms with Gasteiger partial charge in [0.25, 0.3) is 0 Å². The third-order valence-electron chi connectivity index (χ3n) is 13.3. The van der Waals surface area contributed by atoms with Crippen LogP contribution in [0, 0.1) is 6.92 Å². The van der Waals surface area contributed by atoms with Crippen molar-refractivity contribution in [1.29, 1.82) is 0 Å². The van der Waals surface area contributed by atoms with Gasteiger partial charge < -0.3 is 9.38 Å². The highest BCUT2D eigenvalue weighted by Crippen LogP contribution is 2.52. The first kappa shape index (κ1) is 32.9. The Labute approximate surface area is 325 Å². The Hall–Kier alpha value is -5.54. The average molecular weight is 711 g/mol. The van der Waals surface area contributed by atoms with Crippen LogP contribution in [0.3, 0.4) is 0 Å². The minimum atomic E-state index is -0.0529. The van der Waals surface area contributed by atoms with E-state index in [1.807, 2.05) is 0 Å². The summed E-state index contributed by atoms with van der Waals surface area (Å²) in [6, 6.07) is 47.4. The van der Waals surface area contributed by atoms with Crippen LogP contribution in [0.25, 0.3) is 60.5 Å². The van der Waals surface area contributed by atoms with E-state index in [-0.39, 0.29) is 23.1 Å². The largest absolute Gasteiger partial charge is 0.376 e. The summed E-state index contributed by atoms with van der Waals surface area (Å²) in [5, 5.41) is 5.23. The molecule has 0 bridgehead atoms. The molecule has 11 rings (SSSR count). The smallest absolute Gasteiger partial charge is 0.333 e. The molecule has 3 heterocycles. The lowest BCUT2D eigenvalue weighted by Crippen LogP contribution is -2.60. The average Bonchev–Trinajstić information content (AvgIpc) is 3.60. The van der Waals surface area contributed by atoms with Crippen LogP contribution >= 0.6 is 0 Å². The molecule has 55 heavy (non-hydrogen) atoms. The maximum absolute atomic E-state index is 2.71. The predicted molar refractivity (Wildman–Crippen MR) is 237 cm³/mol. The second-order valence-electron chi connectivity index (χ2n) is 19.2. The molecule has 0 saturated carbocycles. The quantitative estimate of drug-likeness (QED) is 0.154. The first-order chi connectivity index (χ1) is 26.2. The number of aryl methyl sites for hydroxylation is 1. The summed E-state index contributed by atoms with van der Waals surface area (Å²) in [7, 11) is 0. The maximum atomic E-state index is 2.71. The van der Waals surface area contributed by atoms with Crippen LogP contribution in [-0.4, -0.2) is 11.4 Å². The number of fused-ring (bicyclic) bond motifs is 11. The molecule has 1 aromatic heterocycles. The molecular formula is C52H47BN2. The number of hydrogen-bond donors (Lipinski definition) is 0. The van der Waals surface area contributed by atoms with Gasteiger partial charge in [0, 0.05) is 38.8 Å². The van der Waals surface area contributed by atoms with E-state index in [0.717, 1.165) is 0 Å². The molecule has 1 aliphatic carbocycles. The van der Waals surface area contributed by atoms with E-state index in [0.29, 0.717) is 0 Å². The first-order valence-electron chi connectivity index (χ1n) is 20.0. The SMILES string of the molecule is Cc1cc2c3c(c1)-n1c4ccc(C(C)(C)C)cc4c4cc(C(C)(C)C)cc(c41)B3N(c1ccc3c(c1)-c1ccccc1C3(C)C)c1cc3ccccc3cc1-2. The fraction of sp³-hybridized carbons (Fsp3) is 0.231. The molecule has 8 aromatic rings. The fourth-order valence-electron chi connectivity index (χ4n) is 10.4. The molecule has 0 radical (unpaired) electrons. The van der Waals surface area contributed by atoms with Crippen LogP contribution < -0.4 is 15.7 Å². The molecule has 2 aliphatic heterocycles. The van der Waals surface area contributed by atoms with Gasteiger partial charge in [-0.2, -0.15) is 0 Å². The molecular weight excluding hydrogens is 663 g/mol. The summed E-state index contributed by atoms with van der Waals surface area (Å²) in [4.78, 5) is 2.71. The van der Waals surface area contributed by atoms with Crippen LogP contribution in [0.1, 0.15) is 83.2 Å². The summed E-state index contributed by atoms with van der Waals surface area (Å²) in [6.07, 6.45) is 0. The van der Waals surface area contributed by atoms with Gasteiger partial charge in [-0.3, -0.25) is 0 Å². The van der Waals surface area contributed by atoms with Crippen LogP contribution in [0.5, 0.6) is 0 Å². The van der Waals surface area contributed by atoms with Gasteiger partial charge in [0.05, 0.1) is 11.0 Å². The molecule has 2 nitrogen and oxygen atoms in total. The van der Waals surface area contributed by atoms with Crippen molar-refractivity contribution in [3.8, 4) is 27.9 Å². The van der Waals surface area contributed by atoms with Crippen molar-refractivity contribution >= 4 is 61.7 Å². The Morgan fingerprint density at radius 3 is 2.00 bits per heavy atom. The standard InChI is InChI=1S/C52H47BN2/c1-30-22-40-38-24-31-14-10-11-15-32(31)25-46(38)55(35-19-20-43-37(29-35)36-16-12-13-17-42(36)52(43,8)9)53-44-28-34(51(5,6)7)27-41-39-26-33(50(2,3)4)18-21-45(39)54(49(41)44)47(23-30)48(40)53/h10-29H,1-9H3. The second-order valence-corrected chi connectivity index (χ2v) is 19.2. The number of benzene rings is 7. The molecule has 0 saturated heterocycles. The van der Waals surface area contributed by atoms with Gasteiger partial charge >= 0.3 is 6.85 Å². The van der Waals surface area contributed by atoms with E-state index >= 15 is 0 Å². The van der Waals surface area contributed by atoms with Crippen LogP contribution in [0.15, 0.2) is 121 Å². The van der Waals surface area contributed by atoms with Gasteiger partial charge in [-0.1, -0.05) is 128 Å². The van der Waals surface area contributed by atoms with Crippen LogP contribution in [0.4, 0.5) is 11.4 Å². The van der Waals surface area contributed by atoms with Crippen molar-refractivity contribution in [2.75, 3.05) is 4.81 Å². The number of hydrogen-bond acceptors (Lipinski definition) is 1. The third kappa shape index (κ3) is 4.39. The summed E-state index contributed by atoms with van der Waals surface area (Å²) in [6.45, 7) is 21.1. The lowest BCUT2D eigenvalue weighted by Gasteiger charge is -2.43. The summed E-state index contributed by atoms with van der Waals surface area (Å²) in [5.74, 6) is 0. The summed E-state index contributed by atoms with van der Waals surface area (Å²) < 4.78 is 2.62. The van der Waals surface area contributed by atoms with Crippen molar-refractivity contribution < 1.29 is 0 Å². The number of nitrogens with zero attached hydrogens (tertiary/aromatic N) is 2. The van der Waals surface area contributed by atoms with Crippen molar-refractivity contribution in [2.45, 2.75) is 78.6 Å². The Balaban J connectivity index is 1.30. The molecule has 0 N–H and O–H groups in total. The van der Waals surface area contributed by atoms with Crippen molar-refractivity contribution in [3.05, 3.63) is 149 Å². The van der Waals surface area contributed by atoms with Crippen molar-refractivity contribution in [3.63, 3.8) is 0 Å². The maximum Gasteiger partial charge on any atom is 0.333 e. The highest BCUT2D eigenvalue weighted by Gasteiger charge is 2.45. The van der Waals surface area contributed by atoms with E-state index in [9.17, 15) is 0 Å². The second kappa shape index (κ2) is 10.6. The van der Waals surface area contributed by atoms with E-state index in [1.54, 1.807) is 0 Å². The molecule has 268 valence electrons. The van der Waals surface area contributed by atoms with Crippen molar-refractivity contribution in [2.24, 2.45) is 0 Å². The number of anilines is 2. The van der Waals surface area contributed by atoms with E-state index in [4.69, 9.17) is 0 Å². The third-order valence-corrected chi connectivity index (χ3v) is 13.3. The Bertz CT molecular complexity index is 3000. The van der Waals surface area contributed by atoms with Gasteiger partial charge in [0.15, 0.2) is 0 Å². The zero-order chi connectivity index (χ0) is 37.9. The summed E-state index contributed by atoms with van der Waals surface area (Å²) in [5.41, 5.74) is 21.4. The van der Waals surface area contributed by atoms with Gasteiger partial charge in [-0.05, 0) is 132 Å². The molecule has 0 amide bonds. The highest BCUT2D eigenvalue weighted by atomic mass is 15.1. The predicted octanol–water partition coefficient (Wildman–Crippen LogP) is 12.4. The fourth-order valence-corrected chi connectivity index (χ4v) is 10.4. The topological polar surface area (TPSA) is 8.17 Å². The monoisotopic (exact) mass is 710 g/mol. The minimum absolute atomic E-state index is 0.0225. The van der Waals surface area contributed by atoms with E-state index in [2.05, 4.69) is 193 Å². The van der Waals surface area contributed by atoms with Crippen LogP contribution in [-0.2, 0) is 16.2 Å². The van der Waals surface area contributed by atoms with Gasteiger partial charge in [0.1, 0.15) is 0 Å². The Kier molecular flexibility index (Phi) is 6.34. The highest BCUT2D eigenvalue weighted by molar-refractivity contribution is 6.93. The normalized spacial score (nSPS) is 15.1. The molecule has 0 atom stereocenters. The van der Waals surface area contributed by atoms with Crippen molar-refractivity contribution in [1.82, 2.24) is 4.57 Å². The molecule has 0 unspecified atom stereocenters. The summed E-state index contributed by atoms with van der Waals surface area (Å²) >= 11 is 0. The Morgan fingerprint density at radius 1 is 0.545 bits per heavy atom. The molecule has 3 heteroatoms. The molecule has 0 spiro atoms. The lowest BCUT2D eigenvalue weighted by molar-refractivity contribution is 0.590. The first-order valence-corrected chi connectivity index (χ1v) is 20.0.